The van der Waals surface area contributed by atoms with E-state index in [4.69, 9.17) is 0 Å². The molecule has 0 atom stereocenters. The summed E-state index contributed by atoms with van der Waals surface area (Å²) < 4.78 is 87.0. The number of phenolic OH excluding ortho intramolecular Hbond substituents is 1. The fourth-order valence-electron chi connectivity index (χ4n) is 3.65. The molecule has 0 saturated heterocycles. The number of phenols is 1. The molecule has 0 spiro atoms. The van der Waals surface area contributed by atoms with E-state index < -0.39 is 55.3 Å². The molecule has 0 aliphatic carbocycles. The first kappa shape index (κ1) is 32.7. The first-order valence-electron chi connectivity index (χ1n) is 10.8. The molecule has 0 bridgehead atoms. The summed E-state index contributed by atoms with van der Waals surface area (Å²) in [7, 11) is -13.4. The second-order valence-corrected chi connectivity index (χ2v) is 13.3. The van der Waals surface area contributed by atoms with E-state index in [1.165, 1.54) is 30.3 Å². The van der Waals surface area contributed by atoms with Crippen LogP contribution in [0.15, 0.2) is 97.7 Å². The molecule has 0 radical (unpaired) electrons. The van der Waals surface area contributed by atoms with Gasteiger partial charge in [0.2, 0.25) is 0 Å². The van der Waals surface area contributed by atoms with E-state index in [-0.39, 0.29) is 85.0 Å². The molecule has 4 rings (SSSR count). The van der Waals surface area contributed by atoms with Crippen molar-refractivity contribution in [2.45, 2.75) is 14.7 Å². The standard InChI is InChI=1S/C23H18N4O10S3.K/c1-38(31,32)22-12-14(27(29)30)8-9-18(22)24-25-19-10-11-21(28)17-6-3-7-20(23(17)19)26-39(33,34)15-4-2-5-16(13-15)40(35,36)37;/h2-13,26,28H,1H3,(H,35,36,37);/q;+1/p-1/b25-24+;. The van der Waals surface area contributed by atoms with Gasteiger partial charge >= 0.3 is 51.4 Å². The van der Waals surface area contributed by atoms with Crippen molar-refractivity contribution in [3.63, 3.8) is 0 Å². The Hall–Kier alpha value is -2.81. The zero-order chi connectivity index (χ0) is 29.5. The number of non-ortho nitro benzene ring substituents is 1. The number of sulfonamides is 1. The smallest absolute Gasteiger partial charge is 0.744 e. The summed E-state index contributed by atoms with van der Waals surface area (Å²) in [4.78, 5) is 8.57. The van der Waals surface area contributed by atoms with Crippen LogP contribution in [0.4, 0.5) is 22.7 Å². The van der Waals surface area contributed by atoms with Gasteiger partial charge in [0.05, 0.1) is 26.1 Å². The predicted octanol–water partition coefficient (Wildman–Crippen LogP) is 0.981. The molecular formula is C23H17KN4O10S3. The summed E-state index contributed by atoms with van der Waals surface area (Å²) in [6.07, 6.45) is 0.834. The number of fused-ring (bicyclic) bond motifs is 1. The number of sulfone groups is 1. The van der Waals surface area contributed by atoms with Crippen LogP contribution in [0.3, 0.4) is 0 Å². The van der Waals surface area contributed by atoms with Gasteiger partial charge in [-0.05, 0) is 42.5 Å². The third kappa shape index (κ3) is 7.34. The number of nitro groups is 1. The minimum Gasteiger partial charge on any atom is -0.744 e. The number of rotatable bonds is 8. The van der Waals surface area contributed by atoms with Gasteiger partial charge < -0.3 is 9.66 Å². The van der Waals surface area contributed by atoms with Crippen molar-refractivity contribution in [1.29, 1.82) is 0 Å². The summed E-state index contributed by atoms with van der Waals surface area (Å²) >= 11 is 0. The van der Waals surface area contributed by atoms with E-state index in [0.29, 0.717) is 6.07 Å². The third-order valence-corrected chi connectivity index (χ3v) is 8.78. The average Bonchev–Trinajstić information content (AvgIpc) is 2.87. The molecule has 0 heterocycles. The molecule has 0 amide bonds. The number of nitrogens with zero attached hydrogens (tertiary/aromatic N) is 3. The summed E-state index contributed by atoms with van der Waals surface area (Å²) in [6.45, 7) is 0. The van der Waals surface area contributed by atoms with E-state index in [1.807, 2.05) is 0 Å². The van der Waals surface area contributed by atoms with E-state index in [2.05, 4.69) is 15.0 Å². The number of hydrogen-bond donors (Lipinski definition) is 2. The van der Waals surface area contributed by atoms with E-state index >= 15 is 0 Å². The van der Waals surface area contributed by atoms with Crippen LogP contribution in [-0.2, 0) is 30.0 Å². The molecule has 0 saturated carbocycles. The number of hydrogen-bond acceptors (Lipinski definition) is 12. The van der Waals surface area contributed by atoms with Gasteiger partial charge in [0.15, 0.2) is 9.84 Å². The zero-order valence-corrected chi connectivity index (χ0v) is 26.7. The van der Waals surface area contributed by atoms with E-state index in [0.717, 1.165) is 42.7 Å². The Kier molecular flexibility index (Phi) is 9.73. The second kappa shape index (κ2) is 12.2. The van der Waals surface area contributed by atoms with Crippen LogP contribution in [0.1, 0.15) is 0 Å². The van der Waals surface area contributed by atoms with Gasteiger partial charge in [0, 0.05) is 29.2 Å². The number of aromatic hydroxyl groups is 1. The molecule has 18 heteroatoms. The molecule has 0 aliphatic heterocycles. The summed E-state index contributed by atoms with van der Waals surface area (Å²) in [5.74, 6) is -0.262. The number of benzene rings is 4. The summed E-state index contributed by atoms with van der Waals surface area (Å²) in [6, 6.07) is 13.4. The quantitative estimate of drug-likeness (QED) is 0.0909. The van der Waals surface area contributed by atoms with Crippen LogP contribution in [0.5, 0.6) is 5.75 Å². The third-order valence-electron chi connectivity index (χ3n) is 5.46. The number of nitrogens with one attached hydrogen (secondary N) is 1. The Bertz CT molecular complexity index is 2050. The van der Waals surface area contributed by atoms with Crippen LogP contribution in [0.25, 0.3) is 10.8 Å². The van der Waals surface area contributed by atoms with Gasteiger partial charge in [-0.25, -0.2) is 25.3 Å². The van der Waals surface area contributed by atoms with Crippen molar-refractivity contribution in [3.8, 4) is 5.75 Å². The Morgan fingerprint density at radius 3 is 2.07 bits per heavy atom. The van der Waals surface area contributed by atoms with Crippen LogP contribution in [-0.4, -0.2) is 46.1 Å². The van der Waals surface area contributed by atoms with Crippen LogP contribution in [0.2, 0.25) is 0 Å². The average molecular weight is 645 g/mol. The molecule has 0 fully saturated rings. The second-order valence-electron chi connectivity index (χ2n) is 8.25. The molecule has 0 aromatic heterocycles. The van der Waals surface area contributed by atoms with Gasteiger partial charge in [-0.15, -0.1) is 10.2 Å². The maximum absolute atomic E-state index is 13.1. The Morgan fingerprint density at radius 2 is 1.44 bits per heavy atom. The van der Waals surface area contributed by atoms with Crippen molar-refractivity contribution < 1.29 is 91.2 Å². The molecule has 14 nitrogen and oxygen atoms in total. The molecule has 208 valence electrons. The maximum atomic E-state index is 13.1. The van der Waals surface area contributed by atoms with Gasteiger partial charge in [-0.3, -0.25) is 14.8 Å². The summed E-state index contributed by atoms with van der Waals surface area (Å²) in [5, 5.41) is 29.6. The van der Waals surface area contributed by atoms with Gasteiger partial charge in [0.1, 0.15) is 26.5 Å². The molecule has 2 N–H and O–H groups in total. The van der Waals surface area contributed by atoms with Gasteiger partial charge in [-0.2, -0.15) is 0 Å². The topological polar surface area (TPSA) is 226 Å². The largest absolute Gasteiger partial charge is 1.00 e. The fraction of sp³-hybridized carbons (Fsp3) is 0.0435. The SMILES string of the molecule is CS(=O)(=O)c1cc([N+](=O)[O-])ccc1/N=N/c1ccc(O)c2cccc(NS(=O)(=O)c3cccc(S(=O)(=O)[O-])c3)c12.[K+]. The minimum atomic E-state index is -4.94. The molecule has 0 unspecified atom stereocenters. The van der Waals surface area contributed by atoms with E-state index in [9.17, 15) is 45.0 Å². The van der Waals surface area contributed by atoms with Crippen molar-refractivity contribution in [1.82, 2.24) is 0 Å². The Morgan fingerprint density at radius 1 is 0.829 bits per heavy atom. The first-order chi connectivity index (χ1) is 18.6. The van der Waals surface area contributed by atoms with Crippen molar-refractivity contribution in [2.24, 2.45) is 10.2 Å². The summed E-state index contributed by atoms with van der Waals surface area (Å²) in [5.41, 5.74) is -0.868. The number of anilines is 1. The number of nitro benzene ring substituents is 1. The van der Waals surface area contributed by atoms with Gasteiger partial charge in [-0.1, -0.05) is 18.2 Å². The molecule has 0 aliphatic rings. The van der Waals surface area contributed by atoms with Crippen molar-refractivity contribution in [3.05, 3.63) is 82.9 Å². The molecule has 41 heavy (non-hydrogen) atoms. The van der Waals surface area contributed by atoms with Crippen molar-refractivity contribution in [2.75, 3.05) is 11.0 Å². The number of azo groups is 1. The normalized spacial score (nSPS) is 12.2. The van der Waals surface area contributed by atoms with E-state index in [1.54, 1.807) is 0 Å². The zero-order valence-electron chi connectivity index (χ0n) is 21.1. The van der Waals surface area contributed by atoms with Crippen LogP contribution < -0.4 is 56.1 Å². The van der Waals surface area contributed by atoms with Crippen LogP contribution >= 0.6 is 0 Å². The maximum Gasteiger partial charge on any atom is 1.00 e. The predicted molar refractivity (Wildman–Crippen MR) is 141 cm³/mol. The Balaban J connectivity index is 0.00000462. The monoisotopic (exact) mass is 644 g/mol. The van der Waals surface area contributed by atoms with Gasteiger partial charge in [0.25, 0.3) is 15.7 Å². The first-order valence-corrected chi connectivity index (χ1v) is 15.6. The molecule has 4 aromatic rings. The van der Waals surface area contributed by atoms with Crippen molar-refractivity contribution >= 4 is 63.5 Å². The minimum absolute atomic E-state index is 0. The molecular weight excluding hydrogens is 628 g/mol. The molecule has 4 aromatic carbocycles. The fourth-order valence-corrected chi connectivity index (χ4v) is 6.18. The Labute approximate surface area is 276 Å². The van der Waals surface area contributed by atoms with Crippen LogP contribution in [0, 0.1) is 10.1 Å².